The van der Waals surface area contributed by atoms with Crippen LogP contribution >= 0.6 is 23.2 Å². The summed E-state index contributed by atoms with van der Waals surface area (Å²) in [5, 5.41) is 4.03. The van der Waals surface area contributed by atoms with Crippen LogP contribution in [0, 0.1) is 5.92 Å². The number of fused-ring (bicyclic) bond motifs is 1. The summed E-state index contributed by atoms with van der Waals surface area (Å²) in [5.74, 6) is -0.0475. The molecule has 1 heterocycles. The lowest BCUT2D eigenvalue weighted by Crippen LogP contribution is -2.42. The number of hydrogen-bond acceptors (Lipinski definition) is 3. The number of nitrogens with two attached hydrogens (primary N) is 1. The molecule has 1 aliphatic rings. The van der Waals surface area contributed by atoms with Crippen molar-refractivity contribution in [3.63, 3.8) is 0 Å². The van der Waals surface area contributed by atoms with Crippen LogP contribution < -0.4 is 11.1 Å². The van der Waals surface area contributed by atoms with Gasteiger partial charge in [0.15, 0.2) is 0 Å². The van der Waals surface area contributed by atoms with Gasteiger partial charge in [0.2, 0.25) is 11.8 Å². The van der Waals surface area contributed by atoms with Gasteiger partial charge in [0.25, 0.3) is 0 Å². The lowest BCUT2D eigenvalue weighted by Gasteiger charge is -2.20. The van der Waals surface area contributed by atoms with Gasteiger partial charge in [0, 0.05) is 35.6 Å². The molecule has 2 aromatic carbocycles. The Morgan fingerprint density at radius 3 is 2.57 bits per heavy atom. The zero-order valence-electron chi connectivity index (χ0n) is 17.3. The van der Waals surface area contributed by atoms with E-state index >= 15 is 0 Å². The standard InChI is InChI=1S/C23H27Cl2N3O2/c1-3-14(2)22(29)27-11-15-4-5-17-12-28(13-18(17)8-15)23(30)21(26)9-16-6-7-19(24)10-20(16)25/h4-8,10,14,21H,3,9,11-13,26H2,1-2H3,(H,27,29). The van der Waals surface area contributed by atoms with Crippen LogP contribution in [0.4, 0.5) is 0 Å². The fourth-order valence-electron chi connectivity index (χ4n) is 3.51. The molecule has 0 spiro atoms. The molecule has 7 heteroatoms. The van der Waals surface area contributed by atoms with Gasteiger partial charge in [0.05, 0.1) is 6.04 Å². The Morgan fingerprint density at radius 2 is 1.87 bits per heavy atom. The molecule has 0 radical (unpaired) electrons. The summed E-state index contributed by atoms with van der Waals surface area (Å²) in [4.78, 5) is 26.6. The fraction of sp³-hybridized carbons (Fsp3) is 0.391. The van der Waals surface area contributed by atoms with Crippen LogP contribution in [0.3, 0.4) is 0 Å². The van der Waals surface area contributed by atoms with E-state index in [1.54, 1.807) is 23.1 Å². The summed E-state index contributed by atoms with van der Waals surface area (Å²) in [5.41, 5.74) is 10.2. The maximum absolute atomic E-state index is 12.9. The van der Waals surface area contributed by atoms with Crippen LogP contribution in [0.25, 0.3) is 0 Å². The largest absolute Gasteiger partial charge is 0.352 e. The van der Waals surface area contributed by atoms with Crippen molar-refractivity contribution < 1.29 is 9.59 Å². The molecule has 0 saturated carbocycles. The number of amides is 2. The molecule has 2 amide bonds. The van der Waals surface area contributed by atoms with Crippen LogP contribution in [-0.2, 0) is 35.6 Å². The van der Waals surface area contributed by atoms with Gasteiger partial charge in [-0.15, -0.1) is 0 Å². The highest BCUT2D eigenvalue weighted by atomic mass is 35.5. The minimum atomic E-state index is -0.674. The molecule has 3 N–H and O–H groups in total. The molecule has 1 aliphatic heterocycles. The van der Waals surface area contributed by atoms with Crippen molar-refractivity contribution in [1.82, 2.24) is 10.2 Å². The second-order valence-corrected chi connectivity index (χ2v) is 8.71. The fourth-order valence-corrected chi connectivity index (χ4v) is 3.99. The predicted molar refractivity (Wildman–Crippen MR) is 120 cm³/mol. The molecule has 3 rings (SSSR count). The van der Waals surface area contributed by atoms with Crippen LogP contribution in [-0.4, -0.2) is 22.8 Å². The molecule has 0 saturated heterocycles. The topological polar surface area (TPSA) is 75.4 Å². The highest BCUT2D eigenvalue weighted by Crippen LogP contribution is 2.26. The second-order valence-electron chi connectivity index (χ2n) is 7.87. The Hall–Kier alpha value is -2.08. The molecule has 2 unspecified atom stereocenters. The first kappa shape index (κ1) is 22.6. The quantitative estimate of drug-likeness (QED) is 0.671. The van der Waals surface area contributed by atoms with Gasteiger partial charge in [-0.25, -0.2) is 0 Å². The summed E-state index contributed by atoms with van der Waals surface area (Å²) in [6, 6.07) is 10.6. The van der Waals surface area contributed by atoms with Gasteiger partial charge in [-0.3, -0.25) is 9.59 Å². The van der Waals surface area contributed by atoms with E-state index in [4.69, 9.17) is 28.9 Å². The van der Waals surface area contributed by atoms with E-state index in [0.717, 1.165) is 28.7 Å². The Bertz CT molecular complexity index is 948. The van der Waals surface area contributed by atoms with E-state index in [1.165, 1.54) is 0 Å². The minimum absolute atomic E-state index is 0.00294. The zero-order valence-corrected chi connectivity index (χ0v) is 18.8. The third-order valence-electron chi connectivity index (χ3n) is 5.60. The normalized spacial score (nSPS) is 14.9. The average Bonchev–Trinajstić information content (AvgIpc) is 3.16. The number of benzene rings is 2. The smallest absolute Gasteiger partial charge is 0.240 e. The first-order valence-corrected chi connectivity index (χ1v) is 10.9. The SMILES string of the molecule is CCC(C)C(=O)NCc1ccc2c(c1)CN(C(=O)C(N)Cc1ccc(Cl)cc1Cl)C2. The van der Waals surface area contributed by atoms with Crippen molar-refractivity contribution >= 4 is 35.0 Å². The third kappa shape index (κ3) is 5.34. The minimum Gasteiger partial charge on any atom is -0.352 e. The lowest BCUT2D eigenvalue weighted by molar-refractivity contribution is -0.133. The summed E-state index contributed by atoms with van der Waals surface area (Å²) in [6.45, 7) is 5.46. The third-order valence-corrected chi connectivity index (χ3v) is 6.19. The summed E-state index contributed by atoms with van der Waals surface area (Å²) >= 11 is 12.1. The second kappa shape index (κ2) is 9.82. The molecule has 0 aliphatic carbocycles. The number of halogens is 2. The molecule has 160 valence electrons. The summed E-state index contributed by atoms with van der Waals surface area (Å²) in [7, 11) is 0. The average molecular weight is 448 g/mol. The summed E-state index contributed by atoms with van der Waals surface area (Å²) in [6.07, 6.45) is 1.17. The highest BCUT2D eigenvalue weighted by Gasteiger charge is 2.28. The van der Waals surface area contributed by atoms with Crippen molar-refractivity contribution in [1.29, 1.82) is 0 Å². The van der Waals surface area contributed by atoms with Gasteiger partial charge >= 0.3 is 0 Å². The van der Waals surface area contributed by atoms with Crippen LogP contribution in [0.5, 0.6) is 0 Å². The molecule has 0 bridgehead atoms. The first-order valence-electron chi connectivity index (χ1n) is 10.1. The molecule has 5 nitrogen and oxygen atoms in total. The van der Waals surface area contributed by atoms with Crippen LogP contribution in [0.15, 0.2) is 36.4 Å². The van der Waals surface area contributed by atoms with Crippen molar-refractivity contribution in [2.75, 3.05) is 0 Å². The Balaban J connectivity index is 1.60. The van der Waals surface area contributed by atoms with E-state index in [0.29, 0.717) is 36.1 Å². The lowest BCUT2D eigenvalue weighted by atomic mass is 10.1. The molecular formula is C23H27Cl2N3O2. The number of rotatable bonds is 7. The maximum atomic E-state index is 12.9. The van der Waals surface area contributed by atoms with Crippen molar-refractivity contribution in [2.45, 2.75) is 52.4 Å². The first-order chi connectivity index (χ1) is 14.3. The number of hydrogen-bond donors (Lipinski definition) is 2. The van der Waals surface area contributed by atoms with Crippen LogP contribution in [0.1, 0.15) is 42.5 Å². The van der Waals surface area contributed by atoms with Gasteiger partial charge in [-0.05, 0) is 47.2 Å². The van der Waals surface area contributed by atoms with Crippen molar-refractivity contribution in [2.24, 2.45) is 11.7 Å². The zero-order chi connectivity index (χ0) is 21.8. The van der Waals surface area contributed by atoms with E-state index in [2.05, 4.69) is 11.4 Å². The Kier molecular flexibility index (Phi) is 7.40. The van der Waals surface area contributed by atoms with E-state index in [-0.39, 0.29) is 17.7 Å². The van der Waals surface area contributed by atoms with Gasteiger partial charge in [0.1, 0.15) is 0 Å². The van der Waals surface area contributed by atoms with Crippen molar-refractivity contribution in [3.8, 4) is 0 Å². The number of carbonyl (C=O) groups is 2. The van der Waals surface area contributed by atoms with Gasteiger partial charge in [-0.2, -0.15) is 0 Å². The van der Waals surface area contributed by atoms with Crippen molar-refractivity contribution in [3.05, 3.63) is 68.7 Å². The predicted octanol–water partition coefficient (Wildman–Crippen LogP) is 4.07. The molecular weight excluding hydrogens is 421 g/mol. The number of carbonyl (C=O) groups excluding carboxylic acids is 2. The van der Waals surface area contributed by atoms with Crippen LogP contribution in [0.2, 0.25) is 10.0 Å². The molecule has 0 fully saturated rings. The number of nitrogens with one attached hydrogen (secondary N) is 1. The van der Waals surface area contributed by atoms with E-state index in [9.17, 15) is 9.59 Å². The van der Waals surface area contributed by atoms with E-state index in [1.807, 2.05) is 26.0 Å². The number of nitrogens with zero attached hydrogens (tertiary/aromatic N) is 1. The summed E-state index contributed by atoms with van der Waals surface area (Å²) < 4.78 is 0. The van der Waals surface area contributed by atoms with Gasteiger partial charge in [-0.1, -0.05) is 61.3 Å². The van der Waals surface area contributed by atoms with Gasteiger partial charge < -0.3 is 16.0 Å². The monoisotopic (exact) mass is 447 g/mol. The molecule has 0 aromatic heterocycles. The molecule has 2 aromatic rings. The van der Waals surface area contributed by atoms with E-state index < -0.39 is 6.04 Å². The maximum Gasteiger partial charge on any atom is 0.240 e. The molecule has 30 heavy (non-hydrogen) atoms. The molecule has 2 atom stereocenters. The highest BCUT2D eigenvalue weighted by molar-refractivity contribution is 6.35. The Morgan fingerprint density at radius 1 is 1.13 bits per heavy atom. The Labute approximate surface area is 187 Å².